The van der Waals surface area contributed by atoms with Crippen molar-refractivity contribution in [2.75, 3.05) is 13.1 Å². The number of carboxylic acid groups (broad SMARTS) is 1. The fourth-order valence-corrected chi connectivity index (χ4v) is 3.42. The number of hydrogen-bond donors (Lipinski definition) is 1. The van der Waals surface area contributed by atoms with Gasteiger partial charge in [0.2, 0.25) is 0 Å². The van der Waals surface area contributed by atoms with Gasteiger partial charge in [0, 0.05) is 25.2 Å². The van der Waals surface area contributed by atoms with Crippen LogP contribution in [-0.4, -0.2) is 52.1 Å². The van der Waals surface area contributed by atoms with Crippen LogP contribution in [0.4, 0.5) is 4.79 Å². The molecule has 2 heterocycles. The SMILES string of the molecule is CCC1CCC(C)N1C(=O)N1C[C@@H](C)[C@H](C(=O)O)C1. The average molecular weight is 268 g/mol. The maximum absolute atomic E-state index is 12.6. The number of likely N-dealkylation sites (tertiary alicyclic amines) is 2. The van der Waals surface area contributed by atoms with E-state index in [0.717, 1.165) is 19.3 Å². The van der Waals surface area contributed by atoms with Gasteiger partial charge in [-0.05, 0) is 32.1 Å². The molecule has 2 rings (SSSR count). The molecule has 5 nitrogen and oxygen atoms in total. The molecule has 0 aromatic heterocycles. The van der Waals surface area contributed by atoms with Gasteiger partial charge in [0.15, 0.2) is 0 Å². The Morgan fingerprint density at radius 2 is 1.89 bits per heavy atom. The van der Waals surface area contributed by atoms with E-state index < -0.39 is 11.9 Å². The normalized spacial score (nSPS) is 34.9. The number of carbonyl (C=O) groups excluding carboxylic acids is 1. The Morgan fingerprint density at radius 1 is 1.21 bits per heavy atom. The number of nitrogens with zero attached hydrogens (tertiary/aromatic N) is 2. The van der Waals surface area contributed by atoms with E-state index in [0.29, 0.717) is 19.1 Å². The standard InChI is InChI=1S/C14H24N2O3/c1-4-11-6-5-10(3)16(11)14(19)15-7-9(2)12(8-15)13(17)18/h9-12H,4-8H2,1-3H3,(H,17,18)/t9-,10?,11?,12-/m1/s1. The van der Waals surface area contributed by atoms with Crippen molar-refractivity contribution in [2.45, 2.75) is 52.1 Å². The quantitative estimate of drug-likeness (QED) is 0.833. The monoisotopic (exact) mass is 268 g/mol. The second-order valence-electron chi connectivity index (χ2n) is 6.01. The Morgan fingerprint density at radius 3 is 2.42 bits per heavy atom. The minimum Gasteiger partial charge on any atom is -0.481 e. The molecule has 0 aromatic rings. The number of amides is 2. The van der Waals surface area contributed by atoms with E-state index >= 15 is 0 Å². The molecule has 0 aliphatic carbocycles. The molecule has 19 heavy (non-hydrogen) atoms. The first-order valence-electron chi connectivity index (χ1n) is 7.25. The molecule has 1 N–H and O–H groups in total. The molecule has 5 heteroatoms. The maximum Gasteiger partial charge on any atom is 0.320 e. The van der Waals surface area contributed by atoms with Gasteiger partial charge >= 0.3 is 12.0 Å². The number of carbonyl (C=O) groups is 2. The first-order valence-corrected chi connectivity index (χ1v) is 7.25. The highest BCUT2D eigenvalue weighted by Crippen LogP contribution is 2.30. The molecule has 0 aromatic carbocycles. The van der Waals surface area contributed by atoms with Gasteiger partial charge in [0.1, 0.15) is 0 Å². The second kappa shape index (κ2) is 5.39. The molecule has 0 radical (unpaired) electrons. The lowest BCUT2D eigenvalue weighted by Crippen LogP contribution is -2.47. The summed E-state index contributed by atoms with van der Waals surface area (Å²) >= 11 is 0. The summed E-state index contributed by atoms with van der Waals surface area (Å²) in [6, 6.07) is 0.630. The lowest BCUT2D eigenvalue weighted by atomic mass is 9.99. The van der Waals surface area contributed by atoms with Crippen LogP contribution in [-0.2, 0) is 4.79 Å². The van der Waals surface area contributed by atoms with Gasteiger partial charge in [-0.15, -0.1) is 0 Å². The molecule has 2 unspecified atom stereocenters. The Hall–Kier alpha value is -1.26. The Balaban J connectivity index is 2.06. The molecule has 2 aliphatic rings. The summed E-state index contributed by atoms with van der Waals surface area (Å²) in [5, 5.41) is 9.15. The highest BCUT2D eigenvalue weighted by molar-refractivity contribution is 5.78. The second-order valence-corrected chi connectivity index (χ2v) is 6.01. The minimum absolute atomic E-state index is 0.0347. The molecule has 0 spiro atoms. The van der Waals surface area contributed by atoms with Crippen LogP contribution in [0.5, 0.6) is 0 Å². The maximum atomic E-state index is 12.6. The van der Waals surface area contributed by atoms with Crippen molar-refractivity contribution in [3.05, 3.63) is 0 Å². The summed E-state index contributed by atoms with van der Waals surface area (Å²) in [5.74, 6) is -1.16. The van der Waals surface area contributed by atoms with Gasteiger partial charge in [-0.3, -0.25) is 4.79 Å². The summed E-state index contributed by atoms with van der Waals surface area (Å²) in [4.78, 5) is 27.4. The molecule has 0 saturated carbocycles. The fraction of sp³-hybridized carbons (Fsp3) is 0.857. The first kappa shape index (κ1) is 14.2. The highest BCUT2D eigenvalue weighted by atomic mass is 16.4. The highest BCUT2D eigenvalue weighted by Gasteiger charge is 2.42. The molecule has 4 atom stereocenters. The number of urea groups is 1. The fourth-order valence-electron chi connectivity index (χ4n) is 3.42. The molecule has 2 aliphatic heterocycles. The lowest BCUT2D eigenvalue weighted by molar-refractivity contribution is -0.142. The third kappa shape index (κ3) is 2.55. The lowest BCUT2D eigenvalue weighted by Gasteiger charge is -2.32. The van der Waals surface area contributed by atoms with Gasteiger partial charge < -0.3 is 14.9 Å². The van der Waals surface area contributed by atoms with Crippen molar-refractivity contribution in [1.29, 1.82) is 0 Å². The Kier molecular flexibility index (Phi) is 4.02. The minimum atomic E-state index is -0.788. The zero-order chi connectivity index (χ0) is 14.2. The van der Waals surface area contributed by atoms with Crippen molar-refractivity contribution >= 4 is 12.0 Å². The zero-order valence-corrected chi connectivity index (χ0v) is 12.0. The van der Waals surface area contributed by atoms with Gasteiger partial charge in [-0.2, -0.15) is 0 Å². The van der Waals surface area contributed by atoms with E-state index in [1.165, 1.54) is 0 Å². The largest absolute Gasteiger partial charge is 0.481 e. The van der Waals surface area contributed by atoms with Crippen molar-refractivity contribution in [2.24, 2.45) is 11.8 Å². The molecule has 2 amide bonds. The number of carboxylic acids is 1. The van der Waals surface area contributed by atoms with E-state index in [4.69, 9.17) is 5.11 Å². The smallest absolute Gasteiger partial charge is 0.320 e. The van der Waals surface area contributed by atoms with Crippen LogP contribution in [0.3, 0.4) is 0 Å². The first-order chi connectivity index (χ1) is 8.95. The van der Waals surface area contributed by atoms with Crippen molar-refractivity contribution in [1.82, 2.24) is 9.80 Å². The third-order valence-corrected chi connectivity index (χ3v) is 4.68. The van der Waals surface area contributed by atoms with E-state index in [1.54, 1.807) is 4.90 Å². The Labute approximate surface area is 114 Å². The van der Waals surface area contributed by atoms with E-state index in [1.807, 2.05) is 11.8 Å². The number of rotatable bonds is 2. The zero-order valence-electron chi connectivity index (χ0n) is 12.0. The van der Waals surface area contributed by atoms with Crippen LogP contribution in [0.25, 0.3) is 0 Å². The van der Waals surface area contributed by atoms with Crippen LogP contribution >= 0.6 is 0 Å². The molecule has 2 fully saturated rings. The van der Waals surface area contributed by atoms with Gasteiger partial charge in [0.05, 0.1) is 5.92 Å². The van der Waals surface area contributed by atoms with Crippen LogP contribution in [0, 0.1) is 11.8 Å². The summed E-state index contributed by atoms with van der Waals surface area (Å²) in [6.07, 6.45) is 3.09. The van der Waals surface area contributed by atoms with Gasteiger partial charge in [-0.25, -0.2) is 4.79 Å². The van der Waals surface area contributed by atoms with Gasteiger partial charge in [0.25, 0.3) is 0 Å². The number of aliphatic carboxylic acids is 1. The van der Waals surface area contributed by atoms with E-state index in [-0.39, 0.29) is 18.0 Å². The molecule has 2 saturated heterocycles. The average Bonchev–Trinajstić information content (AvgIpc) is 2.91. The van der Waals surface area contributed by atoms with Crippen molar-refractivity contribution in [3.63, 3.8) is 0 Å². The van der Waals surface area contributed by atoms with E-state index in [9.17, 15) is 9.59 Å². The third-order valence-electron chi connectivity index (χ3n) is 4.68. The predicted molar refractivity (Wildman–Crippen MR) is 71.9 cm³/mol. The number of hydrogen-bond acceptors (Lipinski definition) is 2. The molecular weight excluding hydrogens is 244 g/mol. The van der Waals surface area contributed by atoms with Crippen LogP contribution in [0.1, 0.15) is 40.0 Å². The molecular formula is C14H24N2O3. The van der Waals surface area contributed by atoms with Crippen molar-refractivity contribution in [3.8, 4) is 0 Å². The molecule has 108 valence electrons. The summed E-state index contributed by atoms with van der Waals surface area (Å²) < 4.78 is 0. The predicted octanol–water partition coefficient (Wildman–Crippen LogP) is 2.02. The van der Waals surface area contributed by atoms with Crippen LogP contribution in [0.2, 0.25) is 0 Å². The van der Waals surface area contributed by atoms with Crippen LogP contribution in [0.15, 0.2) is 0 Å². The van der Waals surface area contributed by atoms with Gasteiger partial charge in [-0.1, -0.05) is 13.8 Å². The summed E-state index contributed by atoms with van der Waals surface area (Å²) in [5.41, 5.74) is 0. The molecule has 0 bridgehead atoms. The van der Waals surface area contributed by atoms with E-state index in [2.05, 4.69) is 13.8 Å². The summed E-state index contributed by atoms with van der Waals surface area (Å²) in [6.45, 7) is 7.03. The topological polar surface area (TPSA) is 60.9 Å². The van der Waals surface area contributed by atoms with Crippen molar-refractivity contribution < 1.29 is 14.7 Å². The van der Waals surface area contributed by atoms with Crippen LogP contribution < -0.4 is 0 Å². The summed E-state index contributed by atoms with van der Waals surface area (Å²) in [7, 11) is 0. The Bertz CT molecular complexity index is 372.